The molecule has 0 aliphatic heterocycles. The highest BCUT2D eigenvalue weighted by molar-refractivity contribution is 5.48. The molecule has 1 aromatic rings. The van der Waals surface area contributed by atoms with Gasteiger partial charge in [-0.15, -0.1) is 0 Å². The fourth-order valence-corrected chi connectivity index (χ4v) is 1.80. The fraction of sp³-hybridized carbons (Fsp3) is 0.400. The summed E-state index contributed by atoms with van der Waals surface area (Å²) in [4.78, 5) is 0. The molecule has 1 rings (SSSR count). The molecular formula is C15H19N. The Kier molecular flexibility index (Phi) is 6.03. The Morgan fingerprint density at radius 3 is 2.69 bits per heavy atom. The van der Waals surface area contributed by atoms with E-state index in [0.717, 1.165) is 19.3 Å². The summed E-state index contributed by atoms with van der Waals surface area (Å²) < 4.78 is 0. The highest BCUT2D eigenvalue weighted by Crippen LogP contribution is 2.16. The molecule has 0 aromatic heterocycles. The third-order valence-electron chi connectivity index (χ3n) is 2.66. The molecule has 0 aliphatic rings. The van der Waals surface area contributed by atoms with Crippen LogP contribution in [0.3, 0.4) is 0 Å². The second-order valence-corrected chi connectivity index (χ2v) is 4.07. The second kappa shape index (κ2) is 7.70. The van der Waals surface area contributed by atoms with Crippen LogP contribution in [-0.4, -0.2) is 0 Å². The number of hydrogen-bond donors (Lipinski definition) is 0. The van der Waals surface area contributed by atoms with Crippen LogP contribution in [0.5, 0.6) is 0 Å². The molecule has 16 heavy (non-hydrogen) atoms. The Labute approximate surface area is 98.4 Å². The summed E-state index contributed by atoms with van der Waals surface area (Å²) in [5.41, 5.74) is 1.23. The molecule has 0 amide bonds. The van der Waals surface area contributed by atoms with Gasteiger partial charge in [0.15, 0.2) is 0 Å². The van der Waals surface area contributed by atoms with Crippen LogP contribution in [0.2, 0.25) is 0 Å². The van der Waals surface area contributed by atoms with Crippen molar-refractivity contribution >= 4 is 6.08 Å². The van der Waals surface area contributed by atoms with Gasteiger partial charge < -0.3 is 0 Å². The van der Waals surface area contributed by atoms with Crippen LogP contribution in [0.4, 0.5) is 0 Å². The quantitative estimate of drug-likeness (QED) is 0.686. The van der Waals surface area contributed by atoms with Crippen LogP contribution in [0.25, 0.3) is 6.08 Å². The van der Waals surface area contributed by atoms with Crippen LogP contribution in [0.15, 0.2) is 36.4 Å². The Morgan fingerprint density at radius 1 is 1.31 bits per heavy atom. The molecule has 1 heteroatoms. The molecule has 0 aliphatic carbocycles. The summed E-state index contributed by atoms with van der Waals surface area (Å²) in [6.45, 7) is 2.17. The van der Waals surface area contributed by atoms with Crippen LogP contribution < -0.4 is 0 Å². The van der Waals surface area contributed by atoms with Gasteiger partial charge in [0.2, 0.25) is 0 Å². The van der Waals surface area contributed by atoms with Crippen molar-refractivity contribution < 1.29 is 0 Å². The fourth-order valence-electron chi connectivity index (χ4n) is 1.80. The van der Waals surface area contributed by atoms with Gasteiger partial charge in [-0.1, -0.05) is 55.8 Å². The van der Waals surface area contributed by atoms with E-state index >= 15 is 0 Å². The Hall–Kier alpha value is -1.55. The van der Waals surface area contributed by atoms with Gasteiger partial charge in [-0.2, -0.15) is 5.26 Å². The summed E-state index contributed by atoms with van der Waals surface area (Å²) in [6.07, 6.45) is 8.31. The topological polar surface area (TPSA) is 23.8 Å². The minimum absolute atomic E-state index is 0.523. The number of benzene rings is 1. The summed E-state index contributed by atoms with van der Waals surface area (Å²) in [7, 11) is 0. The van der Waals surface area contributed by atoms with Gasteiger partial charge in [-0.25, -0.2) is 0 Å². The molecule has 0 saturated heterocycles. The van der Waals surface area contributed by atoms with Crippen molar-refractivity contribution in [3.8, 4) is 6.07 Å². The molecule has 1 nitrogen and oxygen atoms in total. The van der Waals surface area contributed by atoms with Gasteiger partial charge in [-0.3, -0.25) is 0 Å². The van der Waals surface area contributed by atoms with Crippen LogP contribution in [0.1, 0.15) is 38.2 Å². The molecule has 1 atom stereocenters. The first-order valence-electron chi connectivity index (χ1n) is 5.95. The van der Waals surface area contributed by atoms with Gasteiger partial charge in [0.1, 0.15) is 0 Å². The molecule has 0 heterocycles. The third kappa shape index (κ3) is 4.79. The van der Waals surface area contributed by atoms with Crippen LogP contribution in [0, 0.1) is 17.2 Å². The highest BCUT2D eigenvalue weighted by atomic mass is 14.2. The smallest absolute Gasteiger partial charge is 0.0624 e. The van der Waals surface area contributed by atoms with Crippen molar-refractivity contribution in [3.63, 3.8) is 0 Å². The van der Waals surface area contributed by atoms with Gasteiger partial charge in [0.05, 0.1) is 6.07 Å². The van der Waals surface area contributed by atoms with E-state index in [1.54, 1.807) is 0 Å². The van der Waals surface area contributed by atoms with E-state index in [9.17, 15) is 0 Å². The SMILES string of the molecule is CCCC(CC#N)C/C=C/c1ccccc1. The van der Waals surface area contributed by atoms with Gasteiger partial charge in [0, 0.05) is 6.42 Å². The summed E-state index contributed by atoms with van der Waals surface area (Å²) in [6, 6.07) is 12.6. The predicted octanol–water partition coefficient (Wildman–Crippen LogP) is 4.42. The van der Waals surface area contributed by atoms with Gasteiger partial charge >= 0.3 is 0 Å². The molecule has 1 aromatic carbocycles. The first-order valence-corrected chi connectivity index (χ1v) is 5.95. The van der Waals surface area contributed by atoms with E-state index in [1.807, 2.05) is 18.2 Å². The molecular weight excluding hydrogens is 194 g/mol. The molecule has 1 unspecified atom stereocenters. The summed E-state index contributed by atoms with van der Waals surface area (Å²) >= 11 is 0. The molecule has 0 radical (unpaired) electrons. The molecule has 84 valence electrons. The maximum atomic E-state index is 8.71. The minimum atomic E-state index is 0.523. The summed E-state index contributed by atoms with van der Waals surface area (Å²) in [5, 5.41) is 8.71. The lowest BCUT2D eigenvalue weighted by molar-refractivity contribution is 0.496. The van der Waals surface area contributed by atoms with Gasteiger partial charge in [0.25, 0.3) is 0 Å². The molecule has 0 N–H and O–H groups in total. The van der Waals surface area contributed by atoms with E-state index < -0.39 is 0 Å². The van der Waals surface area contributed by atoms with Crippen molar-refractivity contribution in [2.24, 2.45) is 5.92 Å². The highest BCUT2D eigenvalue weighted by Gasteiger charge is 2.04. The number of hydrogen-bond acceptors (Lipinski definition) is 1. The second-order valence-electron chi connectivity index (χ2n) is 4.07. The molecule has 0 bridgehead atoms. The van der Waals surface area contributed by atoms with E-state index in [1.165, 1.54) is 5.56 Å². The maximum absolute atomic E-state index is 8.71. The lowest BCUT2D eigenvalue weighted by Gasteiger charge is -2.08. The lowest BCUT2D eigenvalue weighted by Crippen LogP contribution is -1.96. The van der Waals surface area contributed by atoms with E-state index in [0.29, 0.717) is 12.3 Å². The van der Waals surface area contributed by atoms with Crippen molar-refractivity contribution in [3.05, 3.63) is 42.0 Å². The van der Waals surface area contributed by atoms with Gasteiger partial charge in [-0.05, 0) is 24.3 Å². The number of rotatable bonds is 6. The zero-order chi connectivity index (χ0) is 11.6. The van der Waals surface area contributed by atoms with E-state index in [-0.39, 0.29) is 0 Å². The average Bonchev–Trinajstić information content (AvgIpc) is 2.31. The summed E-state index contributed by atoms with van der Waals surface area (Å²) in [5.74, 6) is 0.523. The Morgan fingerprint density at radius 2 is 2.06 bits per heavy atom. The predicted molar refractivity (Wildman–Crippen MR) is 68.7 cm³/mol. The number of allylic oxidation sites excluding steroid dienone is 1. The van der Waals surface area contributed by atoms with Crippen molar-refractivity contribution in [1.29, 1.82) is 5.26 Å². The first-order chi connectivity index (χ1) is 7.86. The van der Waals surface area contributed by atoms with Crippen molar-refractivity contribution in [1.82, 2.24) is 0 Å². The normalized spacial score (nSPS) is 12.5. The number of nitriles is 1. The maximum Gasteiger partial charge on any atom is 0.0624 e. The zero-order valence-electron chi connectivity index (χ0n) is 9.89. The Bertz CT molecular complexity index is 345. The van der Waals surface area contributed by atoms with Crippen LogP contribution >= 0.6 is 0 Å². The van der Waals surface area contributed by atoms with Crippen molar-refractivity contribution in [2.75, 3.05) is 0 Å². The minimum Gasteiger partial charge on any atom is -0.198 e. The molecule has 0 saturated carbocycles. The third-order valence-corrected chi connectivity index (χ3v) is 2.66. The Balaban J connectivity index is 2.43. The average molecular weight is 213 g/mol. The standard InChI is InChI=1S/C15H19N/c1-2-7-14(12-13-16)10-6-11-15-8-4-3-5-9-15/h3-6,8-9,11,14H,2,7,10,12H2,1H3/b11-6+. The van der Waals surface area contributed by atoms with Crippen LogP contribution in [-0.2, 0) is 0 Å². The van der Waals surface area contributed by atoms with E-state index in [2.05, 4.69) is 37.3 Å². The van der Waals surface area contributed by atoms with Crippen molar-refractivity contribution in [2.45, 2.75) is 32.6 Å². The van der Waals surface area contributed by atoms with E-state index in [4.69, 9.17) is 5.26 Å². The molecule has 0 spiro atoms. The zero-order valence-corrected chi connectivity index (χ0v) is 9.89. The number of nitrogens with zero attached hydrogens (tertiary/aromatic N) is 1. The first kappa shape index (κ1) is 12.5. The largest absolute Gasteiger partial charge is 0.198 e. The molecule has 0 fully saturated rings. The lowest BCUT2D eigenvalue weighted by atomic mass is 9.96. The monoisotopic (exact) mass is 213 g/mol.